The first-order chi connectivity index (χ1) is 12.2. The highest BCUT2D eigenvalue weighted by atomic mass is 16.7. The third kappa shape index (κ3) is 3.75. The second-order valence-electron chi connectivity index (χ2n) is 6.70. The quantitative estimate of drug-likeness (QED) is 0.858. The van der Waals surface area contributed by atoms with Gasteiger partial charge in [0, 0.05) is 45.1 Å². The van der Waals surface area contributed by atoms with Gasteiger partial charge in [-0.25, -0.2) is 9.97 Å². The van der Waals surface area contributed by atoms with E-state index in [4.69, 9.17) is 14.2 Å². The molecule has 136 valence electrons. The first-order valence-corrected chi connectivity index (χ1v) is 8.99. The highest BCUT2D eigenvalue weighted by molar-refractivity contribution is 5.92. The minimum absolute atomic E-state index is 0.120. The lowest BCUT2D eigenvalue weighted by molar-refractivity contribution is -0.169. The summed E-state index contributed by atoms with van der Waals surface area (Å²) in [6, 6.07) is 1.75. The molecule has 25 heavy (non-hydrogen) atoms. The summed E-state index contributed by atoms with van der Waals surface area (Å²) in [5, 5.41) is 2.90. The topological polar surface area (TPSA) is 85.8 Å². The number of anilines is 1. The molecule has 4 heterocycles. The largest absolute Gasteiger partial charge is 0.376 e. The first kappa shape index (κ1) is 16.7. The molecule has 3 saturated heterocycles. The molecule has 8 nitrogen and oxygen atoms in total. The van der Waals surface area contributed by atoms with Crippen LogP contribution in [0.4, 0.5) is 5.82 Å². The van der Waals surface area contributed by atoms with Crippen molar-refractivity contribution >= 4 is 11.7 Å². The molecule has 1 aromatic rings. The molecule has 1 aromatic heterocycles. The monoisotopic (exact) mass is 348 g/mol. The van der Waals surface area contributed by atoms with Gasteiger partial charge in [0.05, 0.1) is 19.3 Å². The van der Waals surface area contributed by atoms with Crippen LogP contribution in [0.3, 0.4) is 0 Å². The lowest BCUT2D eigenvalue weighted by atomic mass is 10.0. The van der Waals surface area contributed by atoms with Crippen molar-refractivity contribution in [2.75, 3.05) is 44.4 Å². The molecule has 8 heteroatoms. The van der Waals surface area contributed by atoms with E-state index < -0.39 is 5.79 Å². The summed E-state index contributed by atoms with van der Waals surface area (Å²) < 4.78 is 17.0. The first-order valence-electron chi connectivity index (χ1n) is 8.99. The molecule has 1 atom stereocenters. The van der Waals surface area contributed by atoms with Crippen LogP contribution in [0.25, 0.3) is 0 Å². The van der Waals surface area contributed by atoms with Gasteiger partial charge in [-0.15, -0.1) is 0 Å². The summed E-state index contributed by atoms with van der Waals surface area (Å²) in [5.74, 6) is 0.172. The van der Waals surface area contributed by atoms with E-state index in [2.05, 4.69) is 20.2 Å². The van der Waals surface area contributed by atoms with Crippen molar-refractivity contribution < 1.29 is 19.0 Å². The van der Waals surface area contributed by atoms with Crippen LogP contribution < -0.4 is 10.2 Å². The van der Waals surface area contributed by atoms with Crippen LogP contribution in [0, 0.1) is 0 Å². The van der Waals surface area contributed by atoms with E-state index in [9.17, 15) is 4.79 Å². The molecule has 1 N–H and O–H groups in total. The van der Waals surface area contributed by atoms with Crippen LogP contribution in [-0.2, 0) is 14.2 Å². The number of ether oxygens (including phenoxy) is 3. The summed E-state index contributed by atoms with van der Waals surface area (Å²) in [6.45, 7) is 4.22. The van der Waals surface area contributed by atoms with E-state index in [1.807, 2.05) is 0 Å². The molecule has 3 aliphatic heterocycles. The minimum atomic E-state index is -0.412. The van der Waals surface area contributed by atoms with Gasteiger partial charge in [0.15, 0.2) is 5.79 Å². The Morgan fingerprint density at radius 2 is 2.04 bits per heavy atom. The Morgan fingerprint density at radius 1 is 1.24 bits per heavy atom. The molecule has 0 aromatic carbocycles. The molecule has 1 spiro atoms. The molecule has 0 aliphatic carbocycles. The summed E-state index contributed by atoms with van der Waals surface area (Å²) in [6.07, 6.45) is 5.23. The van der Waals surface area contributed by atoms with Crippen molar-refractivity contribution in [1.29, 1.82) is 0 Å². The number of nitrogens with one attached hydrogen (secondary N) is 1. The van der Waals surface area contributed by atoms with Gasteiger partial charge >= 0.3 is 0 Å². The van der Waals surface area contributed by atoms with Crippen molar-refractivity contribution in [3.8, 4) is 0 Å². The van der Waals surface area contributed by atoms with E-state index in [-0.39, 0.29) is 12.0 Å². The van der Waals surface area contributed by atoms with Gasteiger partial charge in [-0.3, -0.25) is 4.79 Å². The zero-order chi connectivity index (χ0) is 17.1. The standard InChI is InChI=1S/C17H24N4O4/c22-16(18-11-13-2-1-7-23-13)14-10-15(20-12-19-14)21-5-3-17(4-6-21)24-8-9-25-17/h10,12-13H,1-9,11H2,(H,18,22). The zero-order valence-electron chi connectivity index (χ0n) is 14.3. The molecular formula is C17H24N4O4. The zero-order valence-corrected chi connectivity index (χ0v) is 14.3. The van der Waals surface area contributed by atoms with Crippen LogP contribution in [0.5, 0.6) is 0 Å². The average Bonchev–Trinajstić information content (AvgIpc) is 3.33. The van der Waals surface area contributed by atoms with Gasteiger partial charge in [0.2, 0.25) is 0 Å². The van der Waals surface area contributed by atoms with E-state index in [1.54, 1.807) is 6.07 Å². The predicted molar refractivity (Wildman–Crippen MR) is 89.4 cm³/mol. The van der Waals surface area contributed by atoms with Gasteiger partial charge in [0.1, 0.15) is 17.8 Å². The van der Waals surface area contributed by atoms with Crippen molar-refractivity contribution in [2.24, 2.45) is 0 Å². The maximum absolute atomic E-state index is 12.3. The lowest BCUT2D eigenvalue weighted by Crippen LogP contribution is -2.45. The number of aromatic nitrogens is 2. The fraction of sp³-hybridized carbons (Fsp3) is 0.706. The number of nitrogens with zero attached hydrogens (tertiary/aromatic N) is 3. The predicted octanol–water partition coefficient (Wildman–Crippen LogP) is 0.729. The van der Waals surface area contributed by atoms with E-state index in [0.717, 1.165) is 51.2 Å². The Kier molecular flexibility index (Phi) is 4.82. The van der Waals surface area contributed by atoms with E-state index in [0.29, 0.717) is 25.5 Å². The van der Waals surface area contributed by atoms with Gasteiger partial charge in [-0.1, -0.05) is 0 Å². The molecule has 0 radical (unpaired) electrons. The molecule has 0 saturated carbocycles. The number of carbonyl (C=O) groups excluding carboxylic acids is 1. The molecule has 1 unspecified atom stereocenters. The van der Waals surface area contributed by atoms with Crippen LogP contribution in [-0.4, -0.2) is 67.2 Å². The number of hydrogen-bond donors (Lipinski definition) is 1. The molecule has 3 fully saturated rings. The van der Waals surface area contributed by atoms with Crippen LogP contribution in [0.2, 0.25) is 0 Å². The number of rotatable bonds is 4. The Hall–Kier alpha value is -1.77. The lowest BCUT2D eigenvalue weighted by Gasteiger charge is -2.38. The smallest absolute Gasteiger partial charge is 0.270 e. The Bertz CT molecular complexity index is 604. The summed E-state index contributed by atoms with van der Waals surface area (Å²) in [4.78, 5) is 22.9. The van der Waals surface area contributed by atoms with Crippen LogP contribution in [0.1, 0.15) is 36.2 Å². The number of amides is 1. The maximum Gasteiger partial charge on any atom is 0.270 e. The highest BCUT2D eigenvalue weighted by Crippen LogP contribution is 2.32. The number of piperidine rings is 1. The number of carbonyl (C=O) groups is 1. The number of hydrogen-bond acceptors (Lipinski definition) is 7. The second-order valence-corrected chi connectivity index (χ2v) is 6.70. The summed E-state index contributed by atoms with van der Waals surface area (Å²) >= 11 is 0. The van der Waals surface area contributed by atoms with Crippen LogP contribution in [0.15, 0.2) is 12.4 Å². The fourth-order valence-electron chi connectivity index (χ4n) is 3.61. The van der Waals surface area contributed by atoms with E-state index >= 15 is 0 Å². The minimum Gasteiger partial charge on any atom is -0.376 e. The normalized spacial score (nSPS) is 25.4. The Morgan fingerprint density at radius 3 is 2.76 bits per heavy atom. The molecule has 0 bridgehead atoms. The van der Waals surface area contributed by atoms with Crippen molar-refractivity contribution in [3.05, 3.63) is 18.1 Å². The van der Waals surface area contributed by atoms with Gasteiger partial charge in [-0.05, 0) is 12.8 Å². The Balaban J connectivity index is 1.35. The van der Waals surface area contributed by atoms with Crippen molar-refractivity contribution in [2.45, 2.75) is 37.6 Å². The van der Waals surface area contributed by atoms with Gasteiger partial charge in [-0.2, -0.15) is 0 Å². The summed E-state index contributed by atoms with van der Waals surface area (Å²) in [5.41, 5.74) is 0.386. The molecule has 4 rings (SSSR count). The molecular weight excluding hydrogens is 324 g/mol. The molecule has 1 amide bonds. The third-order valence-electron chi connectivity index (χ3n) is 5.06. The van der Waals surface area contributed by atoms with Gasteiger partial charge < -0.3 is 24.4 Å². The summed E-state index contributed by atoms with van der Waals surface area (Å²) in [7, 11) is 0. The SMILES string of the molecule is O=C(NCC1CCCO1)c1cc(N2CCC3(CC2)OCCO3)ncn1. The fourth-order valence-corrected chi connectivity index (χ4v) is 3.61. The van der Waals surface area contributed by atoms with Crippen LogP contribution >= 0.6 is 0 Å². The average molecular weight is 348 g/mol. The van der Waals surface area contributed by atoms with Gasteiger partial charge in [0.25, 0.3) is 5.91 Å². The highest BCUT2D eigenvalue weighted by Gasteiger charge is 2.40. The Labute approximate surface area is 146 Å². The molecule has 3 aliphatic rings. The van der Waals surface area contributed by atoms with E-state index in [1.165, 1.54) is 6.33 Å². The van der Waals surface area contributed by atoms with Crippen molar-refractivity contribution in [3.63, 3.8) is 0 Å². The third-order valence-corrected chi connectivity index (χ3v) is 5.06. The maximum atomic E-state index is 12.3. The van der Waals surface area contributed by atoms with Crippen molar-refractivity contribution in [1.82, 2.24) is 15.3 Å². The second kappa shape index (κ2) is 7.23.